The molecule has 0 saturated carbocycles. The molecule has 1 rings (SSSR count). The average molecular weight is 276 g/mol. The number of benzene rings is 1. The molecule has 17 heavy (non-hydrogen) atoms. The largest absolute Gasteiger partial charge is 0.389 e. The van der Waals surface area contributed by atoms with Crippen molar-refractivity contribution in [1.29, 1.82) is 0 Å². The molecule has 0 aliphatic rings. The zero-order chi connectivity index (χ0) is 12.3. The molecule has 0 bridgehead atoms. The van der Waals surface area contributed by atoms with Gasteiger partial charge < -0.3 is 5.73 Å². The van der Waals surface area contributed by atoms with E-state index in [1.807, 2.05) is 0 Å². The quantitative estimate of drug-likeness (QED) is 0.836. The van der Waals surface area contributed by atoms with Crippen LogP contribution in [0.15, 0.2) is 18.2 Å². The van der Waals surface area contributed by atoms with Gasteiger partial charge in [-0.3, -0.25) is 0 Å². The second kappa shape index (κ2) is 6.16. The Bertz CT molecular complexity index is 366. The van der Waals surface area contributed by atoms with E-state index in [1.54, 1.807) is 0 Å². The Morgan fingerprint density at radius 2 is 1.76 bits per heavy atom. The van der Waals surface area contributed by atoms with E-state index in [-0.39, 0.29) is 18.0 Å². The highest BCUT2D eigenvalue weighted by molar-refractivity contribution is 5.85. The molecule has 1 nitrogen and oxygen atoms in total. The number of hydrogen-bond donors (Lipinski definition) is 1. The second-order valence-electron chi connectivity index (χ2n) is 3.40. The first-order valence-electron chi connectivity index (χ1n) is 4.57. The van der Waals surface area contributed by atoms with Crippen LogP contribution in [0, 0.1) is 11.6 Å². The monoisotopic (exact) mass is 275 g/mol. The van der Waals surface area contributed by atoms with Crippen molar-refractivity contribution in [3.63, 3.8) is 0 Å². The van der Waals surface area contributed by atoms with Gasteiger partial charge in [-0.1, -0.05) is 12.1 Å². The second-order valence-corrected chi connectivity index (χ2v) is 3.40. The third-order valence-corrected chi connectivity index (χ3v) is 2.12. The highest BCUT2D eigenvalue weighted by Gasteiger charge is 2.28. The van der Waals surface area contributed by atoms with Crippen LogP contribution < -0.4 is 5.73 Å². The van der Waals surface area contributed by atoms with Crippen LogP contribution in [-0.2, 0) is 0 Å². The Morgan fingerprint density at radius 1 is 1.18 bits per heavy atom. The highest BCUT2D eigenvalue weighted by Crippen LogP contribution is 2.27. The van der Waals surface area contributed by atoms with Crippen LogP contribution in [0.2, 0.25) is 0 Å². The van der Waals surface area contributed by atoms with Gasteiger partial charge >= 0.3 is 6.18 Å². The summed E-state index contributed by atoms with van der Waals surface area (Å²) in [5, 5.41) is 0. The van der Waals surface area contributed by atoms with Crippen LogP contribution in [0.5, 0.6) is 0 Å². The summed E-state index contributed by atoms with van der Waals surface area (Å²) in [6, 6.07) is 2.12. The predicted molar refractivity (Wildman–Crippen MR) is 55.8 cm³/mol. The van der Waals surface area contributed by atoms with Crippen molar-refractivity contribution < 1.29 is 22.0 Å². The first kappa shape index (κ1) is 16.1. The maximum absolute atomic E-state index is 13.1. The van der Waals surface area contributed by atoms with Gasteiger partial charge in [0, 0.05) is 18.0 Å². The summed E-state index contributed by atoms with van der Waals surface area (Å²) in [5.74, 6) is -2.29. The van der Waals surface area contributed by atoms with E-state index in [0.717, 1.165) is 6.07 Å². The van der Waals surface area contributed by atoms with Gasteiger partial charge in [-0.25, -0.2) is 8.78 Å². The molecular weight excluding hydrogens is 265 g/mol. The Hall–Kier alpha value is -0.880. The van der Waals surface area contributed by atoms with Crippen molar-refractivity contribution in [3.8, 4) is 0 Å². The molecule has 98 valence electrons. The molecule has 0 amide bonds. The minimum Gasteiger partial charge on any atom is -0.324 e. The van der Waals surface area contributed by atoms with Crippen LogP contribution in [0.1, 0.15) is 24.4 Å². The van der Waals surface area contributed by atoms with E-state index in [0.29, 0.717) is 0 Å². The lowest BCUT2D eigenvalue weighted by Gasteiger charge is -2.14. The zero-order valence-corrected chi connectivity index (χ0v) is 9.42. The Kier molecular flexibility index (Phi) is 5.84. The smallest absolute Gasteiger partial charge is 0.324 e. The molecule has 7 heteroatoms. The first-order valence-corrected chi connectivity index (χ1v) is 4.57. The van der Waals surface area contributed by atoms with Crippen LogP contribution in [-0.4, -0.2) is 6.18 Å². The number of rotatable bonds is 3. The minimum absolute atomic E-state index is 0. The highest BCUT2D eigenvalue weighted by atomic mass is 35.5. The molecule has 1 atom stereocenters. The number of nitrogens with two attached hydrogens (primary N) is 1. The molecule has 2 N–H and O–H groups in total. The minimum atomic E-state index is -4.35. The van der Waals surface area contributed by atoms with Crippen LogP contribution in [0.25, 0.3) is 0 Å². The summed E-state index contributed by atoms with van der Waals surface area (Å²) < 4.78 is 61.6. The van der Waals surface area contributed by atoms with E-state index < -0.39 is 36.7 Å². The Labute approximate surface area is 101 Å². The maximum atomic E-state index is 13.1. The Balaban J connectivity index is 0.00000256. The fraction of sp³-hybridized carbons (Fsp3) is 0.400. The third-order valence-electron chi connectivity index (χ3n) is 2.12. The molecule has 0 aromatic heterocycles. The van der Waals surface area contributed by atoms with Gasteiger partial charge in [-0.15, -0.1) is 12.4 Å². The van der Waals surface area contributed by atoms with Crippen molar-refractivity contribution in [2.45, 2.75) is 25.1 Å². The van der Waals surface area contributed by atoms with E-state index in [4.69, 9.17) is 5.73 Å². The van der Waals surface area contributed by atoms with Crippen molar-refractivity contribution in [2.75, 3.05) is 0 Å². The molecule has 0 unspecified atom stereocenters. The number of hydrogen-bond acceptors (Lipinski definition) is 1. The average Bonchev–Trinajstić information content (AvgIpc) is 2.17. The van der Waals surface area contributed by atoms with Crippen molar-refractivity contribution >= 4 is 12.4 Å². The van der Waals surface area contributed by atoms with Gasteiger partial charge in [-0.2, -0.15) is 13.2 Å². The van der Waals surface area contributed by atoms with E-state index >= 15 is 0 Å². The summed E-state index contributed by atoms with van der Waals surface area (Å²) in [6.07, 6.45) is -5.94. The van der Waals surface area contributed by atoms with Crippen LogP contribution >= 0.6 is 12.4 Å². The summed E-state index contributed by atoms with van der Waals surface area (Å²) in [5.41, 5.74) is 5.13. The molecule has 1 aromatic carbocycles. The summed E-state index contributed by atoms with van der Waals surface area (Å²) in [6.45, 7) is 0. The third kappa shape index (κ3) is 4.87. The van der Waals surface area contributed by atoms with Gasteiger partial charge in [0.1, 0.15) is 0 Å². The van der Waals surface area contributed by atoms with Gasteiger partial charge in [0.05, 0.1) is 0 Å². The molecule has 1 aromatic rings. The fourth-order valence-corrected chi connectivity index (χ4v) is 1.28. The molecular formula is C10H11ClF5N. The molecule has 0 spiro atoms. The van der Waals surface area contributed by atoms with E-state index in [2.05, 4.69) is 0 Å². The normalized spacial score (nSPS) is 13.1. The number of halogens is 6. The molecule has 0 fully saturated rings. The topological polar surface area (TPSA) is 26.0 Å². The van der Waals surface area contributed by atoms with E-state index in [1.165, 1.54) is 12.1 Å². The zero-order valence-electron chi connectivity index (χ0n) is 8.60. The first-order chi connectivity index (χ1) is 7.31. The lowest BCUT2D eigenvalue weighted by molar-refractivity contribution is -0.136. The van der Waals surface area contributed by atoms with Crippen molar-refractivity contribution in [2.24, 2.45) is 5.73 Å². The summed E-state index contributed by atoms with van der Waals surface area (Å²) >= 11 is 0. The molecule has 0 heterocycles. The van der Waals surface area contributed by atoms with Gasteiger partial charge in [0.15, 0.2) is 11.6 Å². The lowest BCUT2D eigenvalue weighted by atomic mass is 10.0. The van der Waals surface area contributed by atoms with Gasteiger partial charge in [0.25, 0.3) is 0 Å². The maximum Gasteiger partial charge on any atom is 0.389 e. The fourth-order valence-electron chi connectivity index (χ4n) is 1.28. The van der Waals surface area contributed by atoms with E-state index in [9.17, 15) is 22.0 Å². The molecule has 0 radical (unpaired) electrons. The Morgan fingerprint density at radius 3 is 2.29 bits per heavy atom. The van der Waals surface area contributed by atoms with Crippen molar-refractivity contribution in [1.82, 2.24) is 0 Å². The summed E-state index contributed by atoms with van der Waals surface area (Å²) in [7, 11) is 0. The van der Waals surface area contributed by atoms with Crippen molar-refractivity contribution in [3.05, 3.63) is 35.4 Å². The number of alkyl halides is 3. The SMILES string of the molecule is Cl.N[C@@H](CCC(F)(F)F)c1cccc(F)c1F. The molecule has 0 aliphatic heterocycles. The standard InChI is InChI=1S/C10H10F5N.ClH/c11-7-3-1-2-6(9(7)12)8(16)4-5-10(13,14)15;/h1-3,8H,4-5,16H2;1H/t8-;/m0./s1. The van der Waals surface area contributed by atoms with Crippen LogP contribution in [0.3, 0.4) is 0 Å². The van der Waals surface area contributed by atoms with Gasteiger partial charge in [0.2, 0.25) is 0 Å². The summed E-state index contributed by atoms with van der Waals surface area (Å²) in [4.78, 5) is 0. The van der Waals surface area contributed by atoms with Gasteiger partial charge in [-0.05, 0) is 12.5 Å². The lowest BCUT2D eigenvalue weighted by Crippen LogP contribution is -2.17. The molecule has 0 aliphatic carbocycles. The predicted octanol–water partition coefficient (Wildman–Crippen LogP) is 3.73. The van der Waals surface area contributed by atoms with Crippen LogP contribution in [0.4, 0.5) is 22.0 Å². The molecule has 0 saturated heterocycles.